The molecule has 0 aliphatic carbocycles. The number of ether oxygens (including phenoxy) is 1. The van der Waals surface area contributed by atoms with E-state index in [-0.39, 0.29) is 29.4 Å². The summed E-state index contributed by atoms with van der Waals surface area (Å²) in [7, 11) is 0. The number of anilines is 1. The Labute approximate surface area is 221 Å². The number of imide groups is 1. The Bertz CT molecular complexity index is 1400. The molecule has 4 rings (SSSR count). The Balaban J connectivity index is 1.48. The fourth-order valence-corrected chi connectivity index (χ4v) is 4.54. The van der Waals surface area contributed by atoms with Gasteiger partial charge in [0.25, 0.3) is 17.1 Å². The van der Waals surface area contributed by atoms with Gasteiger partial charge in [0.2, 0.25) is 0 Å². The van der Waals surface area contributed by atoms with Crippen molar-refractivity contribution in [3.63, 3.8) is 0 Å². The van der Waals surface area contributed by atoms with E-state index in [1.54, 1.807) is 42.5 Å². The third kappa shape index (κ3) is 6.07. The molecule has 184 valence electrons. The van der Waals surface area contributed by atoms with Gasteiger partial charge in [-0.3, -0.25) is 19.3 Å². The van der Waals surface area contributed by atoms with Crippen LogP contribution in [0.5, 0.6) is 5.75 Å². The van der Waals surface area contributed by atoms with Gasteiger partial charge in [0, 0.05) is 26.9 Å². The molecule has 3 aromatic rings. The highest BCUT2D eigenvalue weighted by molar-refractivity contribution is 8.18. The van der Waals surface area contributed by atoms with Crippen molar-refractivity contribution in [3.05, 3.63) is 98.1 Å². The summed E-state index contributed by atoms with van der Waals surface area (Å²) in [5, 5.41) is 3.08. The molecule has 1 N–H and O–H groups in total. The maximum Gasteiger partial charge on any atom is 0.293 e. The van der Waals surface area contributed by atoms with Crippen LogP contribution < -0.4 is 10.1 Å². The summed E-state index contributed by atoms with van der Waals surface area (Å²) in [4.78, 5) is 38.9. The summed E-state index contributed by atoms with van der Waals surface area (Å²) in [5.74, 6) is -1.19. The van der Waals surface area contributed by atoms with Crippen LogP contribution in [-0.2, 0) is 16.1 Å². The normalized spacial score (nSPS) is 14.4. The molecule has 0 atom stereocenters. The van der Waals surface area contributed by atoms with Crippen molar-refractivity contribution in [1.82, 2.24) is 4.90 Å². The molecule has 0 spiro atoms. The zero-order valence-electron chi connectivity index (χ0n) is 18.9. The topological polar surface area (TPSA) is 75.7 Å². The molecule has 0 saturated carbocycles. The fraction of sp³-hybridized carbons (Fsp3) is 0.115. The van der Waals surface area contributed by atoms with E-state index in [1.807, 2.05) is 6.92 Å². The van der Waals surface area contributed by atoms with E-state index in [4.69, 9.17) is 27.9 Å². The first kappa shape index (κ1) is 25.8. The highest BCUT2D eigenvalue weighted by Crippen LogP contribution is 2.36. The molecule has 0 bridgehead atoms. The number of carbonyl (C=O) groups excluding carboxylic acids is 3. The van der Waals surface area contributed by atoms with Crippen molar-refractivity contribution >= 4 is 63.8 Å². The molecule has 3 amide bonds. The van der Waals surface area contributed by atoms with Crippen molar-refractivity contribution in [3.8, 4) is 5.75 Å². The largest absolute Gasteiger partial charge is 0.483 e. The van der Waals surface area contributed by atoms with E-state index < -0.39 is 22.9 Å². The lowest BCUT2D eigenvalue weighted by molar-refractivity contribution is -0.123. The molecule has 1 fully saturated rings. The predicted octanol–water partition coefficient (Wildman–Crippen LogP) is 6.69. The first-order valence-electron chi connectivity index (χ1n) is 10.7. The average molecular weight is 545 g/mol. The van der Waals surface area contributed by atoms with Gasteiger partial charge in [-0.25, -0.2) is 4.39 Å². The first-order valence-corrected chi connectivity index (χ1v) is 12.3. The Morgan fingerprint density at radius 3 is 2.64 bits per heavy atom. The Hall–Kier alpha value is -3.33. The smallest absolute Gasteiger partial charge is 0.293 e. The zero-order chi connectivity index (χ0) is 25.8. The molecule has 0 unspecified atom stereocenters. The van der Waals surface area contributed by atoms with Crippen LogP contribution in [0.15, 0.2) is 65.6 Å². The number of nitrogens with zero attached hydrogens (tertiary/aromatic N) is 1. The third-order valence-electron chi connectivity index (χ3n) is 5.23. The van der Waals surface area contributed by atoms with Crippen molar-refractivity contribution in [1.29, 1.82) is 0 Å². The minimum Gasteiger partial charge on any atom is -0.483 e. The Morgan fingerprint density at radius 1 is 1.11 bits per heavy atom. The van der Waals surface area contributed by atoms with Gasteiger partial charge in [0.1, 0.15) is 11.6 Å². The number of nitrogens with one attached hydrogen (secondary N) is 1. The molecule has 1 heterocycles. The molecule has 36 heavy (non-hydrogen) atoms. The highest BCUT2D eigenvalue weighted by Gasteiger charge is 2.35. The predicted molar refractivity (Wildman–Crippen MR) is 140 cm³/mol. The lowest BCUT2D eigenvalue weighted by atomic mass is 10.1. The molecule has 10 heteroatoms. The number of halogens is 3. The Morgan fingerprint density at radius 2 is 1.89 bits per heavy atom. The molecule has 1 aliphatic heterocycles. The van der Waals surface area contributed by atoms with Crippen LogP contribution in [0.3, 0.4) is 0 Å². The summed E-state index contributed by atoms with van der Waals surface area (Å²) in [6.07, 6.45) is 1.46. The quantitative estimate of drug-likeness (QED) is 0.335. The number of hydrogen-bond acceptors (Lipinski definition) is 5. The summed E-state index contributed by atoms with van der Waals surface area (Å²) in [6.45, 7) is 1.35. The van der Waals surface area contributed by atoms with Gasteiger partial charge in [0.05, 0.1) is 11.4 Å². The molecule has 1 saturated heterocycles. The van der Waals surface area contributed by atoms with Crippen molar-refractivity contribution in [2.75, 3.05) is 11.9 Å². The van der Waals surface area contributed by atoms with E-state index in [9.17, 15) is 18.8 Å². The van der Waals surface area contributed by atoms with Gasteiger partial charge in [0.15, 0.2) is 6.61 Å². The zero-order valence-corrected chi connectivity index (χ0v) is 21.2. The maximum atomic E-state index is 14.0. The molecule has 0 radical (unpaired) electrons. The molecule has 3 aromatic carbocycles. The van der Waals surface area contributed by atoms with Gasteiger partial charge in [-0.15, -0.1) is 0 Å². The van der Waals surface area contributed by atoms with E-state index in [1.165, 1.54) is 24.3 Å². The number of hydrogen-bond donors (Lipinski definition) is 1. The second kappa shape index (κ2) is 11.2. The van der Waals surface area contributed by atoms with Crippen molar-refractivity contribution in [2.45, 2.75) is 13.5 Å². The number of benzene rings is 3. The number of thioether (sulfide) groups is 1. The van der Waals surface area contributed by atoms with Gasteiger partial charge in [-0.05, 0) is 66.7 Å². The monoisotopic (exact) mass is 544 g/mol. The number of rotatable bonds is 7. The molecule has 6 nitrogen and oxygen atoms in total. The van der Waals surface area contributed by atoms with Crippen LogP contribution in [-0.4, -0.2) is 28.6 Å². The highest BCUT2D eigenvalue weighted by atomic mass is 35.5. The minimum atomic E-state index is -0.562. The summed E-state index contributed by atoms with van der Waals surface area (Å²) < 4.78 is 19.7. The molecule has 1 aliphatic rings. The van der Waals surface area contributed by atoms with E-state index in [2.05, 4.69) is 5.32 Å². The van der Waals surface area contributed by atoms with Crippen LogP contribution in [0.4, 0.5) is 14.9 Å². The third-order valence-corrected chi connectivity index (χ3v) is 6.78. The minimum absolute atomic E-state index is 0.127. The van der Waals surface area contributed by atoms with Crippen LogP contribution in [0.2, 0.25) is 10.0 Å². The van der Waals surface area contributed by atoms with Gasteiger partial charge < -0.3 is 10.1 Å². The first-order chi connectivity index (χ1) is 17.2. The fourth-order valence-electron chi connectivity index (χ4n) is 3.35. The van der Waals surface area contributed by atoms with Crippen LogP contribution in [0.25, 0.3) is 6.08 Å². The summed E-state index contributed by atoms with van der Waals surface area (Å²) in [5.41, 5.74) is 2.05. The van der Waals surface area contributed by atoms with Gasteiger partial charge in [-0.1, -0.05) is 47.5 Å². The SMILES string of the molecule is Cc1ccc(NC(=O)COc2ccc(Cl)cc2/C=C2\SC(=O)N(Cc3ccccc3F)C2=O)cc1Cl. The second-order valence-corrected chi connectivity index (χ2v) is 9.68. The van der Waals surface area contributed by atoms with Gasteiger partial charge in [-0.2, -0.15) is 0 Å². The molecular weight excluding hydrogens is 526 g/mol. The summed E-state index contributed by atoms with van der Waals surface area (Å²) in [6, 6.07) is 15.8. The lowest BCUT2D eigenvalue weighted by Crippen LogP contribution is -2.27. The second-order valence-electron chi connectivity index (χ2n) is 7.84. The van der Waals surface area contributed by atoms with Crippen molar-refractivity contribution in [2.24, 2.45) is 0 Å². The van der Waals surface area contributed by atoms with Crippen LogP contribution >= 0.6 is 35.0 Å². The van der Waals surface area contributed by atoms with E-state index in [0.29, 0.717) is 21.3 Å². The summed E-state index contributed by atoms with van der Waals surface area (Å²) >= 11 is 13.0. The van der Waals surface area contributed by atoms with E-state index in [0.717, 1.165) is 22.2 Å². The Kier molecular flexibility index (Phi) is 7.98. The number of carbonyl (C=O) groups is 3. The van der Waals surface area contributed by atoms with Gasteiger partial charge >= 0.3 is 0 Å². The average Bonchev–Trinajstić information content (AvgIpc) is 3.09. The van der Waals surface area contributed by atoms with Crippen molar-refractivity contribution < 1.29 is 23.5 Å². The van der Waals surface area contributed by atoms with Crippen LogP contribution in [0.1, 0.15) is 16.7 Å². The number of aryl methyl sites for hydroxylation is 1. The number of amides is 3. The maximum absolute atomic E-state index is 14.0. The van der Waals surface area contributed by atoms with Crippen LogP contribution in [0, 0.1) is 12.7 Å². The molecular formula is C26H19Cl2FN2O4S. The standard InChI is InChI=1S/C26H19Cl2FN2O4S/c1-15-6-8-19(12-20(15)28)30-24(32)14-35-22-9-7-18(27)10-17(22)11-23-25(33)31(26(34)36-23)13-16-4-2-3-5-21(16)29/h2-12H,13-14H2,1H3,(H,30,32)/b23-11-. The molecule has 0 aromatic heterocycles. The van der Waals surface area contributed by atoms with E-state index >= 15 is 0 Å². The lowest BCUT2D eigenvalue weighted by Gasteiger charge is -2.13.